The number of carbonyl (C=O) groups excluding carboxylic acids is 2. The summed E-state index contributed by atoms with van der Waals surface area (Å²) in [6.45, 7) is 2.63. The van der Waals surface area contributed by atoms with Crippen LogP contribution in [0.3, 0.4) is 0 Å². The number of hydrogen-bond acceptors (Lipinski definition) is 6. The molecular weight excluding hydrogens is 395 g/mol. The number of amides is 1. The summed E-state index contributed by atoms with van der Waals surface area (Å²) in [4.78, 5) is 25.2. The topological polar surface area (TPSA) is 102 Å². The van der Waals surface area contributed by atoms with E-state index in [9.17, 15) is 14.6 Å². The number of nitrogens with two attached hydrogens (primary N) is 1. The zero-order chi connectivity index (χ0) is 21.8. The van der Waals surface area contributed by atoms with Gasteiger partial charge in [-0.1, -0.05) is 30.3 Å². The highest BCUT2D eigenvalue weighted by molar-refractivity contribution is 6.51. The molecule has 3 N–H and O–H groups in total. The first-order chi connectivity index (χ1) is 15.0. The molecule has 4 rings (SSSR count). The van der Waals surface area contributed by atoms with Gasteiger partial charge in [0.1, 0.15) is 5.75 Å². The molecule has 0 atom stereocenters. The highest BCUT2D eigenvalue weighted by atomic mass is 16.5. The van der Waals surface area contributed by atoms with Gasteiger partial charge in [0.2, 0.25) is 0 Å². The van der Waals surface area contributed by atoms with Crippen molar-refractivity contribution in [1.29, 1.82) is 0 Å². The van der Waals surface area contributed by atoms with E-state index in [-0.39, 0.29) is 17.8 Å². The summed E-state index contributed by atoms with van der Waals surface area (Å²) in [6.07, 6.45) is 3.29. The third-order valence-corrected chi connectivity index (χ3v) is 6.14. The first kappa shape index (κ1) is 21.1. The van der Waals surface area contributed by atoms with Crippen LogP contribution in [-0.2, 0) is 21.4 Å². The van der Waals surface area contributed by atoms with Crippen LogP contribution in [0.4, 0.5) is 0 Å². The van der Waals surface area contributed by atoms with Crippen LogP contribution in [0.5, 0.6) is 5.75 Å². The van der Waals surface area contributed by atoms with E-state index in [1.807, 2.05) is 23.1 Å². The summed E-state index contributed by atoms with van der Waals surface area (Å²) in [5, 5.41) is 9.46. The molecule has 2 aliphatic rings. The van der Waals surface area contributed by atoms with E-state index in [1.165, 1.54) is 11.5 Å². The molecular formula is C23H25BN2O5. The summed E-state index contributed by atoms with van der Waals surface area (Å²) in [5.41, 5.74) is 9.38. The minimum atomic E-state index is -1.31. The molecule has 1 amide bonds. The predicted molar refractivity (Wildman–Crippen MR) is 117 cm³/mol. The highest BCUT2D eigenvalue weighted by Gasteiger charge is 2.43. The van der Waals surface area contributed by atoms with Crippen LogP contribution in [0.2, 0.25) is 0 Å². The molecule has 0 saturated carbocycles. The van der Waals surface area contributed by atoms with Gasteiger partial charge in [-0.05, 0) is 48.1 Å². The summed E-state index contributed by atoms with van der Waals surface area (Å²) < 4.78 is 10.4. The number of nitrogens with zero attached hydrogens (tertiary/aromatic N) is 1. The van der Waals surface area contributed by atoms with Gasteiger partial charge in [-0.15, -0.1) is 0 Å². The quantitative estimate of drug-likeness (QED) is 0.547. The molecule has 0 radical (unpaired) electrons. The standard InChI is InChI=1S/C23H25BN2O5/c25-14-18-4-5-21-20(13-18)23(15-30-21)7-10-26(11-8-23)22(28)19-3-1-2-17(12-19)6-9-24(29)31-16-27/h1-6,9,12-13,16,29H,7-8,10-11,14-15,25H2/b9-6+. The van der Waals surface area contributed by atoms with Crippen molar-refractivity contribution in [2.75, 3.05) is 19.7 Å². The van der Waals surface area contributed by atoms with Crippen molar-refractivity contribution >= 4 is 25.6 Å². The third kappa shape index (κ3) is 4.35. The first-order valence-corrected chi connectivity index (χ1v) is 10.4. The zero-order valence-corrected chi connectivity index (χ0v) is 17.2. The second-order valence-corrected chi connectivity index (χ2v) is 8.00. The molecule has 8 heteroatoms. The van der Waals surface area contributed by atoms with Crippen molar-refractivity contribution in [3.63, 3.8) is 0 Å². The minimum absolute atomic E-state index is 0.0235. The molecule has 1 fully saturated rings. The van der Waals surface area contributed by atoms with Crippen LogP contribution in [0.25, 0.3) is 6.08 Å². The summed E-state index contributed by atoms with van der Waals surface area (Å²) in [6, 6.07) is 13.3. The first-order valence-electron chi connectivity index (χ1n) is 10.4. The predicted octanol–water partition coefficient (Wildman–Crippen LogP) is 1.92. The van der Waals surface area contributed by atoms with E-state index < -0.39 is 7.12 Å². The lowest BCUT2D eigenvalue weighted by Crippen LogP contribution is -2.46. The largest absolute Gasteiger partial charge is 0.554 e. The minimum Gasteiger partial charge on any atom is -0.509 e. The fraction of sp³-hybridized carbons (Fsp3) is 0.304. The van der Waals surface area contributed by atoms with Crippen LogP contribution >= 0.6 is 0 Å². The van der Waals surface area contributed by atoms with Crippen molar-refractivity contribution in [3.05, 3.63) is 70.7 Å². The van der Waals surface area contributed by atoms with Crippen molar-refractivity contribution in [1.82, 2.24) is 4.90 Å². The molecule has 0 aromatic heterocycles. The maximum Gasteiger partial charge on any atom is 0.554 e. The van der Waals surface area contributed by atoms with E-state index in [0.29, 0.717) is 31.8 Å². The van der Waals surface area contributed by atoms with E-state index in [2.05, 4.69) is 10.7 Å². The average Bonchev–Trinajstić information content (AvgIpc) is 3.15. The van der Waals surface area contributed by atoms with Gasteiger partial charge in [-0.2, -0.15) is 0 Å². The molecule has 31 heavy (non-hydrogen) atoms. The number of carbonyl (C=O) groups is 2. The van der Waals surface area contributed by atoms with Gasteiger partial charge in [0, 0.05) is 36.2 Å². The Bertz CT molecular complexity index is 1000. The number of piperidine rings is 1. The number of benzene rings is 2. The lowest BCUT2D eigenvalue weighted by atomic mass is 9.74. The molecule has 1 saturated heterocycles. The zero-order valence-electron chi connectivity index (χ0n) is 17.2. The van der Waals surface area contributed by atoms with Crippen molar-refractivity contribution < 1.29 is 24.0 Å². The Balaban J connectivity index is 1.44. The Kier molecular flexibility index (Phi) is 6.11. The summed E-state index contributed by atoms with van der Waals surface area (Å²) in [7, 11) is -1.31. The number of fused-ring (bicyclic) bond motifs is 2. The Morgan fingerprint density at radius 3 is 2.81 bits per heavy atom. The molecule has 0 aliphatic carbocycles. The van der Waals surface area contributed by atoms with E-state index in [1.54, 1.807) is 24.3 Å². The lowest BCUT2D eigenvalue weighted by molar-refractivity contribution is -0.121. The monoisotopic (exact) mass is 420 g/mol. The molecule has 1 spiro atoms. The fourth-order valence-corrected chi connectivity index (χ4v) is 4.34. The maximum atomic E-state index is 13.1. The average molecular weight is 420 g/mol. The van der Waals surface area contributed by atoms with E-state index in [4.69, 9.17) is 10.5 Å². The molecule has 160 valence electrons. The maximum absolute atomic E-state index is 13.1. The Morgan fingerprint density at radius 2 is 2.06 bits per heavy atom. The fourth-order valence-electron chi connectivity index (χ4n) is 4.34. The number of ether oxygens (including phenoxy) is 1. The molecule has 0 unspecified atom stereocenters. The summed E-state index contributed by atoms with van der Waals surface area (Å²) in [5.74, 6) is 2.25. The van der Waals surface area contributed by atoms with Gasteiger partial charge in [0.25, 0.3) is 12.4 Å². The summed E-state index contributed by atoms with van der Waals surface area (Å²) >= 11 is 0. The van der Waals surface area contributed by atoms with E-state index >= 15 is 0 Å². The molecule has 7 nitrogen and oxygen atoms in total. The normalized spacial score (nSPS) is 16.8. The lowest BCUT2D eigenvalue weighted by Gasteiger charge is -2.38. The van der Waals surface area contributed by atoms with Gasteiger partial charge in [0.05, 0.1) is 6.61 Å². The Morgan fingerprint density at radius 1 is 1.26 bits per heavy atom. The highest BCUT2D eigenvalue weighted by Crippen LogP contribution is 2.46. The number of rotatable bonds is 6. The van der Waals surface area contributed by atoms with Crippen molar-refractivity contribution in [2.45, 2.75) is 24.8 Å². The second kappa shape index (κ2) is 8.95. The van der Waals surface area contributed by atoms with Crippen LogP contribution in [0.15, 0.2) is 48.4 Å². The second-order valence-electron chi connectivity index (χ2n) is 8.00. The Labute approximate surface area is 181 Å². The van der Waals surface area contributed by atoms with Crippen LogP contribution < -0.4 is 10.5 Å². The molecule has 2 aromatic rings. The van der Waals surface area contributed by atoms with Gasteiger partial charge >= 0.3 is 7.12 Å². The number of hydrogen-bond donors (Lipinski definition) is 2. The van der Waals surface area contributed by atoms with Gasteiger partial charge in [-0.25, -0.2) is 0 Å². The SMILES string of the molecule is NCc1ccc2c(c1)C1(CCN(C(=O)c3cccc(/C=C/B(O)OC=O)c3)CC1)CO2. The molecule has 0 bridgehead atoms. The van der Waals surface area contributed by atoms with Gasteiger partial charge in [-0.3, -0.25) is 9.59 Å². The van der Waals surface area contributed by atoms with Crippen molar-refractivity contribution in [2.24, 2.45) is 5.73 Å². The van der Waals surface area contributed by atoms with Gasteiger partial charge < -0.3 is 25.0 Å². The van der Waals surface area contributed by atoms with Gasteiger partial charge in [0.15, 0.2) is 0 Å². The smallest absolute Gasteiger partial charge is 0.509 e. The van der Waals surface area contributed by atoms with Crippen LogP contribution in [-0.4, -0.2) is 49.1 Å². The van der Waals surface area contributed by atoms with Crippen LogP contribution in [0, 0.1) is 0 Å². The van der Waals surface area contributed by atoms with Crippen molar-refractivity contribution in [3.8, 4) is 5.75 Å². The van der Waals surface area contributed by atoms with E-state index in [0.717, 1.165) is 29.7 Å². The Hall–Kier alpha value is -3.10. The molecule has 2 aromatic carbocycles. The number of likely N-dealkylation sites (tertiary alicyclic amines) is 1. The third-order valence-electron chi connectivity index (χ3n) is 6.14. The molecule has 2 heterocycles. The molecule has 2 aliphatic heterocycles. The van der Waals surface area contributed by atoms with Crippen LogP contribution in [0.1, 0.15) is 39.9 Å².